The largest absolute Gasteiger partial charge is 0.468 e. The Morgan fingerprint density at radius 1 is 1.15 bits per heavy atom. The summed E-state index contributed by atoms with van der Waals surface area (Å²) in [6.45, 7) is 2.67. The highest BCUT2D eigenvalue weighted by atomic mass is 19.1. The zero-order valence-corrected chi connectivity index (χ0v) is 15.5. The maximum atomic E-state index is 13.0. The number of carbonyl (C=O) groups is 1. The molecule has 0 amide bonds. The standard InChI is InChI=1S/C22H25FN2O2/c1-27-22(26)21(24)14-16-2-6-18(7-3-16)19-10-12-25(13-11-19)15-17-4-8-20(23)9-5-17/h2-10,21H,11-15,24H2,1H3/t21-/m0/s1. The molecule has 2 N–H and O–H groups in total. The van der Waals surface area contributed by atoms with Crippen molar-refractivity contribution in [3.63, 3.8) is 0 Å². The molecule has 0 saturated heterocycles. The highest BCUT2D eigenvalue weighted by Gasteiger charge is 2.16. The number of nitrogens with two attached hydrogens (primary N) is 1. The van der Waals surface area contributed by atoms with Crippen LogP contribution in [0.1, 0.15) is 23.1 Å². The molecule has 5 heteroatoms. The summed E-state index contributed by atoms with van der Waals surface area (Å²) in [5.74, 6) is -0.592. The van der Waals surface area contributed by atoms with Crippen molar-refractivity contribution >= 4 is 11.5 Å². The summed E-state index contributed by atoms with van der Waals surface area (Å²) in [6, 6.07) is 14.3. The molecule has 0 saturated carbocycles. The maximum absolute atomic E-state index is 13.0. The van der Waals surface area contributed by atoms with Crippen LogP contribution in [0.4, 0.5) is 4.39 Å². The van der Waals surface area contributed by atoms with Crippen LogP contribution < -0.4 is 5.73 Å². The lowest BCUT2D eigenvalue weighted by Gasteiger charge is -2.26. The molecule has 2 aromatic carbocycles. The highest BCUT2D eigenvalue weighted by molar-refractivity contribution is 5.75. The van der Waals surface area contributed by atoms with Crippen LogP contribution in [-0.4, -0.2) is 37.1 Å². The van der Waals surface area contributed by atoms with Gasteiger partial charge < -0.3 is 10.5 Å². The molecule has 0 aromatic heterocycles. The van der Waals surface area contributed by atoms with E-state index in [-0.39, 0.29) is 5.82 Å². The third kappa shape index (κ3) is 5.25. The fourth-order valence-electron chi connectivity index (χ4n) is 3.31. The van der Waals surface area contributed by atoms with Gasteiger partial charge in [-0.2, -0.15) is 0 Å². The van der Waals surface area contributed by atoms with Gasteiger partial charge in [0.1, 0.15) is 11.9 Å². The van der Waals surface area contributed by atoms with E-state index in [0.717, 1.165) is 37.2 Å². The van der Waals surface area contributed by atoms with Crippen LogP contribution >= 0.6 is 0 Å². The van der Waals surface area contributed by atoms with E-state index < -0.39 is 12.0 Å². The van der Waals surface area contributed by atoms with Crippen molar-refractivity contribution < 1.29 is 13.9 Å². The minimum absolute atomic E-state index is 0.199. The first-order chi connectivity index (χ1) is 13.0. The first-order valence-corrected chi connectivity index (χ1v) is 9.13. The highest BCUT2D eigenvalue weighted by Crippen LogP contribution is 2.24. The molecule has 1 aliphatic heterocycles. The number of ether oxygens (including phenoxy) is 1. The van der Waals surface area contributed by atoms with Crippen LogP contribution in [0.3, 0.4) is 0 Å². The number of methoxy groups -OCH3 is 1. The molecule has 2 aromatic rings. The smallest absolute Gasteiger partial charge is 0.322 e. The van der Waals surface area contributed by atoms with E-state index in [1.54, 1.807) is 0 Å². The van der Waals surface area contributed by atoms with Crippen LogP contribution in [0, 0.1) is 5.82 Å². The Morgan fingerprint density at radius 3 is 2.41 bits per heavy atom. The molecular formula is C22H25FN2O2. The average molecular weight is 368 g/mol. The molecule has 1 atom stereocenters. The second kappa shape index (κ2) is 8.93. The lowest BCUT2D eigenvalue weighted by Crippen LogP contribution is -2.33. The summed E-state index contributed by atoms with van der Waals surface area (Å²) in [7, 11) is 1.35. The van der Waals surface area contributed by atoms with Gasteiger partial charge in [0.15, 0.2) is 0 Å². The zero-order chi connectivity index (χ0) is 19.2. The molecule has 0 spiro atoms. The van der Waals surface area contributed by atoms with Crippen LogP contribution in [0.25, 0.3) is 5.57 Å². The molecule has 0 bridgehead atoms. The fourth-order valence-corrected chi connectivity index (χ4v) is 3.31. The molecule has 1 aliphatic rings. The van der Waals surface area contributed by atoms with Crippen molar-refractivity contribution in [2.24, 2.45) is 5.73 Å². The molecule has 4 nitrogen and oxygen atoms in total. The van der Waals surface area contributed by atoms with Crippen LogP contribution in [0.2, 0.25) is 0 Å². The summed E-state index contributed by atoms with van der Waals surface area (Å²) in [4.78, 5) is 13.8. The summed E-state index contributed by atoms with van der Waals surface area (Å²) in [5, 5.41) is 0. The number of halogens is 1. The van der Waals surface area contributed by atoms with E-state index in [9.17, 15) is 9.18 Å². The SMILES string of the molecule is COC(=O)[C@@H](N)Cc1ccc(C2=CCN(Cc3ccc(F)cc3)CC2)cc1. The van der Waals surface area contributed by atoms with Gasteiger partial charge in [0.25, 0.3) is 0 Å². The van der Waals surface area contributed by atoms with E-state index in [2.05, 4.69) is 27.8 Å². The summed E-state index contributed by atoms with van der Waals surface area (Å²) >= 11 is 0. The third-order valence-electron chi connectivity index (χ3n) is 4.90. The summed E-state index contributed by atoms with van der Waals surface area (Å²) < 4.78 is 17.7. The average Bonchev–Trinajstić information content (AvgIpc) is 2.70. The van der Waals surface area contributed by atoms with Crippen molar-refractivity contribution in [1.29, 1.82) is 0 Å². The number of esters is 1. The fraction of sp³-hybridized carbons (Fsp3) is 0.318. The molecule has 0 fully saturated rings. The predicted octanol–water partition coefficient (Wildman–Crippen LogP) is 3.16. The van der Waals surface area contributed by atoms with Gasteiger partial charge in [0.05, 0.1) is 7.11 Å². The first kappa shape index (κ1) is 19.3. The van der Waals surface area contributed by atoms with Crippen LogP contribution in [-0.2, 0) is 22.5 Å². The Bertz CT molecular complexity index is 800. The minimum Gasteiger partial charge on any atom is -0.468 e. The second-order valence-corrected chi connectivity index (χ2v) is 6.87. The molecule has 0 radical (unpaired) electrons. The number of hydrogen-bond donors (Lipinski definition) is 1. The number of carbonyl (C=O) groups excluding carboxylic acids is 1. The Labute approximate surface area is 159 Å². The topological polar surface area (TPSA) is 55.6 Å². The molecule has 3 rings (SSSR count). The number of benzene rings is 2. The maximum Gasteiger partial charge on any atom is 0.322 e. The first-order valence-electron chi connectivity index (χ1n) is 9.13. The van der Waals surface area contributed by atoms with Crippen LogP contribution in [0.15, 0.2) is 54.6 Å². The number of nitrogens with zero attached hydrogens (tertiary/aromatic N) is 1. The Kier molecular flexibility index (Phi) is 6.37. The van der Waals surface area contributed by atoms with Gasteiger partial charge >= 0.3 is 5.97 Å². The second-order valence-electron chi connectivity index (χ2n) is 6.87. The van der Waals surface area contributed by atoms with E-state index in [4.69, 9.17) is 5.73 Å². The van der Waals surface area contributed by atoms with Gasteiger partial charge in [-0.15, -0.1) is 0 Å². The van der Waals surface area contributed by atoms with Gasteiger partial charge in [-0.1, -0.05) is 42.5 Å². The molecule has 142 valence electrons. The Balaban J connectivity index is 1.57. The monoisotopic (exact) mass is 368 g/mol. The van der Waals surface area contributed by atoms with Crippen molar-refractivity contribution in [3.05, 3.63) is 77.1 Å². The zero-order valence-electron chi connectivity index (χ0n) is 15.5. The quantitative estimate of drug-likeness (QED) is 0.796. The van der Waals surface area contributed by atoms with E-state index in [1.165, 1.54) is 30.4 Å². The van der Waals surface area contributed by atoms with Gasteiger partial charge in [-0.3, -0.25) is 9.69 Å². The third-order valence-corrected chi connectivity index (χ3v) is 4.90. The van der Waals surface area contributed by atoms with Crippen molar-refractivity contribution in [2.45, 2.75) is 25.4 Å². The summed E-state index contributed by atoms with van der Waals surface area (Å²) in [5.41, 5.74) is 10.5. The lowest BCUT2D eigenvalue weighted by molar-refractivity contribution is -0.142. The molecule has 0 aliphatic carbocycles. The van der Waals surface area contributed by atoms with Gasteiger partial charge in [0, 0.05) is 19.6 Å². The van der Waals surface area contributed by atoms with Crippen molar-refractivity contribution in [3.8, 4) is 0 Å². The number of rotatable bonds is 6. The van der Waals surface area contributed by atoms with Gasteiger partial charge in [0.2, 0.25) is 0 Å². The summed E-state index contributed by atoms with van der Waals surface area (Å²) in [6.07, 6.45) is 3.70. The number of hydrogen-bond acceptors (Lipinski definition) is 4. The molecular weight excluding hydrogens is 343 g/mol. The van der Waals surface area contributed by atoms with Gasteiger partial charge in [-0.05, 0) is 47.2 Å². The normalized spacial score (nSPS) is 15.9. The Hall–Kier alpha value is -2.50. The van der Waals surface area contributed by atoms with Crippen molar-refractivity contribution in [2.75, 3.05) is 20.2 Å². The van der Waals surface area contributed by atoms with E-state index in [0.29, 0.717) is 6.42 Å². The van der Waals surface area contributed by atoms with Gasteiger partial charge in [-0.25, -0.2) is 4.39 Å². The van der Waals surface area contributed by atoms with Crippen LogP contribution in [0.5, 0.6) is 0 Å². The van der Waals surface area contributed by atoms with Crippen molar-refractivity contribution in [1.82, 2.24) is 4.90 Å². The van der Waals surface area contributed by atoms with E-state index >= 15 is 0 Å². The Morgan fingerprint density at radius 2 is 1.81 bits per heavy atom. The molecule has 0 unspecified atom stereocenters. The predicted molar refractivity (Wildman–Crippen MR) is 104 cm³/mol. The molecule has 27 heavy (non-hydrogen) atoms. The lowest BCUT2D eigenvalue weighted by atomic mass is 9.97. The van der Waals surface area contributed by atoms with E-state index in [1.807, 2.05) is 24.3 Å². The minimum atomic E-state index is -0.630. The molecule has 1 heterocycles.